The summed E-state index contributed by atoms with van der Waals surface area (Å²) in [5, 5.41) is 12.9. The molecule has 0 spiro atoms. The molecule has 0 atom stereocenters. The average molecular weight is 274 g/mol. The molecule has 1 aliphatic carbocycles. The van der Waals surface area contributed by atoms with Crippen molar-refractivity contribution in [3.63, 3.8) is 0 Å². The van der Waals surface area contributed by atoms with Crippen LogP contribution in [0.4, 0.5) is 0 Å². The zero-order valence-electron chi connectivity index (χ0n) is 9.12. The van der Waals surface area contributed by atoms with Crippen molar-refractivity contribution >= 4 is 29.1 Å². The minimum absolute atomic E-state index is 0.0553. The summed E-state index contributed by atoms with van der Waals surface area (Å²) >= 11 is 11.7. The summed E-state index contributed by atoms with van der Waals surface area (Å²) in [6, 6.07) is 5.27. The fourth-order valence-corrected chi connectivity index (χ4v) is 2.14. The summed E-state index contributed by atoms with van der Waals surface area (Å²) in [4.78, 5) is 11.6. The molecule has 0 radical (unpaired) electrons. The van der Waals surface area contributed by atoms with Crippen LogP contribution in [0.2, 0.25) is 10.0 Å². The van der Waals surface area contributed by atoms with E-state index >= 15 is 0 Å². The lowest BCUT2D eigenvalue weighted by Crippen LogP contribution is -2.47. The number of rotatable bonds is 3. The molecule has 1 fully saturated rings. The summed E-state index contributed by atoms with van der Waals surface area (Å²) < 4.78 is 0. The number of amides is 1. The minimum atomic E-state index is -0.259. The Labute approximate surface area is 110 Å². The van der Waals surface area contributed by atoms with Crippen LogP contribution in [-0.2, 0) is 11.2 Å². The second kappa shape index (κ2) is 5.25. The number of halogens is 2. The number of benzene rings is 1. The number of carbonyl (C=O) groups excluding carboxylic acids is 1. The third-order valence-corrected chi connectivity index (χ3v) is 3.57. The zero-order chi connectivity index (χ0) is 12.4. The van der Waals surface area contributed by atoms with Gasteiger partial charge in [0.15, 0.2) is 0 Å². The van der Waals surface area contributed by atoms with E-state index in [2.05, 4.69) is 5.32 Å². The Balaban J connectivity index is 1.87. The Morgan fingerprint density at radius 3 is 2.65 bits per heavy atom. The van der Waals surface area contributed by atoms with E-state index in [0.717, 1.165) is 5.56 Å². The van der Waals surface area contributed by atoms with Crippen molar-refractivity contribution in [1.82, 2.24) is 5.32 Å². The van der Waals surface area contributed by atoms with E-state index in [-0.39, 0.29) is 24.5 Å². The first kappa shape index (κ1) is 12.7. The second-order valence-electron chi connectivity index (χ2n) is 4.31. The summed E-state index contributed by atoms with van der Waals surface area (Å²) in [5.41, 5.74) is 0.830. The van der Waals surface area contributed by atoms with E-state index in [1.807, 2.05) is 0 Å². The molecule has 3 nitrogen and oxygen atoms in total. The first-order valence-corrected chi connectivity index (χ1v) is 6.21. The molecule has 1 aliphatic rings. The molecule has 0 aliphatic heterocycles. The lowest BCUT2D eigenvalue weighted by Gasteiger charge is -2.31. The molecular formula is C12H13Cl2NO2. The SMILES string of the molecule is O=C(Cc1ccc(Cl)c(Cl)c1)NC1CC(O)C1. The standard InChI is InChI=1S/C12H13Cl2NO2/c13-10-2-1-7(3-11(10)14)4-12(17)15-8-5-9(16)6-8/h1-3,8-9,16H,4-6H2,(H,15,17). The summed E-state index contributed by atoms with van der Waals surface area (Å²) in [6.45, 7) is 0. The minimum Gasteiger partial charge on any atom is -0.393 e. The Bertz CT molecular complexity index is 431. The lowest BCUT2D eigenvalue weighted by molar-refractivity contribution is -0.122. The van der Waals surface area contributed by atoms with Crippen LogP contribution in [0.5, 0.6) is 0 Å². The van der Waals surface area contributed by atoms with Crippen molar-refractivity contribution in [1.29, 1.82) is 0 Å². The molecule has 0 bridgehead atoms. The van der Waals surface area contributed by atoms with Gasteiger partial charge in [-0.1, -0.05) is 29.3 Å². The highest BCUT2D eigenvalue weighted by Gasteiger charge is 2.28. The molecule has 2 N–H and O–H groups in total. The van der Waals surface area contributed by atoms with Crippen molar-refractivity contribution in [2.75, 3.05) is 0 Å². The van der Waals surface area contributed by atoms with Crippen molar-refractivity contribution < 1.29 is 9.90 Å². The maximum absolute atomic E-state index is 11.6. The highest BCUT2D eigenvalue weighted by molar-refractivity contribution is 6.42. The van der Waals surface area contributed by atoms with Crippen molar-refractivity contribution in [3.05, 3.63) is 33.8 Å². The molecule has 1 amide bonds. The molecule has 2 rings (SSSR count). The van der Waals surface area contributed by atoms with Gasteiger partial charge in [-0.2, -0.15) is 0 Å². The first-order chi connectivity index (χ1) is 8.04. The van der Waals surface area contributed by atoms with Crippen molar-refractivity contribution in [2.45, 2.75) is 31.4 Å². The van der Waals surface area contributed by atoms with Gasteiger partial charge in [0.2, 0.25) is 5.91 Å². The number of aliphatic hydroxyl groups excluding tert-OH is 1. The van der Waals surface area contributed by atoms with Crippen LogP contribution in [0.3, 0.4) is 0 Å². The first-order valence-electron chi connectivity index (χ1n) is 5.46. The van der Waals surface area contributed by atoms with E-state index in [1.54, 1.807) is 18.2 Å². The Kier molecular flexibility index (Phi) is 3.92. The number of hydrogen-bond acceptors (Lipinski definition) is 2. The highest BCUT2D eigenvalue weighted by Crippen LogP contribution is 2.23. The largest absolute Gasteiger partial charge is 0.393 e. The van der Waals surface area contributed by atoms with Crippen LogP contribution in [0.15, 0.2) is 18.2 Å². The molecule has 17 heavy (non-hydrogen) atoms. The maximum Gasteiger partial charge on any atom is 0.224 e. The van der Waals surface area contributed by atoms with E-state index in [4.69, 9.17) is 28.3 Å². The Hall–Kier alpha value is -0.770. The lowest BCUT2D eigenvalue weighted by atomic mass is 9.89. The van der Waals surface area contributed by atoms with Gasteiger partial charge in [0.25, 0.3) is 0 Å². The van der Waals surface area contributed by atoms with E-state index in [0.29, 0.717) is 22.9 Å². The van der Waals surface area contributed by atoms with Gasteiger partial charge in [-0.15, -0.1) is 0 Å². The molecule has 0 unspecified atom stereocenters. The van der Waals surface area contributed by atoms with Crippen LogP contribution in [-0.4, -0.2) is 23.2 Å². The summed E-state index contributed by atoms with van der Waals surface area (Å²) in [5.74, 6) is -0.0553. The topological polar surface area (TPSA) is 49.3 Å². The van der Waals surface area contributed by atoms with E-state index in [1.165, 1.54) is 0 Å². The molecular weight excluding hydrogens is 261 g/mol. The molecule has 1 aromatic carbocycles. The smallest absolute Gasteiger partial charge is 0.224 e. The summed E-state index contributed by atoms with van der Waals surface area (Å²) in [6.07, 6.45) is 1.31. The third kappa shape index (κ3) is 3.35. The molecule has 1 aromatic rings. The quantitative estimate of drug-likeness (QED) is 0.887. The normalized spacial score (nSPS) is 23.0. The fraction of sp³-hybridized carbons (Fsp3) is 0.417. The van der Waals surface area contributed by atoms with Crippen LogP contribution in [0, 0.1) is 0 Å². The van der Waals surface area contributed by atoms with Crippen LogP contribution in [0.25, 0.3) is 0 Å². The van der Waals surface area contributed by atoms with Gasteiger partial charge in [0.1, 0.15) is 0 Å². The van der Waals surface area contributed by atoms with Crippen LogP contribution in [0.1, 0.15) is 18.4 Å². The van der Waals surface area contributed by atoms with Gasteiger partial charge >= 0.3 is 0 Å². The molecule has 1 saturated carbocycles. The predicted octanol–water partition coefficient (Wildman–Crippen LogP) is 2.18. The second-order valence-corrected chi connectivity index (χ2v) is 5.13. The van der Waals surface area contributed by atoms with Gasteiger partial charge in [-0.05, 0) is 30.5 Å². The average Bonchev–Trinajstić information content (AvgIpc) is 2.21. The molecule has 0 heterocycles. The highest BCUT2D eigenvalue weighted by atomic mass is 35.5. The number of aliphatic hydroxyl groups is 1. The van der Waals surface area contributed by atoms with Crippen LogP contribution < -0.4 is 5.32 Å². The zero-order valence-corrected chi connectivity index (χ0v) is 10.6. The van der Waals surface area contributed by atoms with E-state index in [9.17, 15) is 4.79 Å². The van der Waals surface area contributed by atoms with Gasteiger partial charge in [-0.25, -0.2) is 0 Å². The van der Waals surface area contributed by atoms with Gasteiger partial charge < -0.3 is 10.4 Å². The van der Waals surface area contributed by atoms with E-state index < -0.39 is 0 Å². The van der Waals surface area contributed by atoms with Crippen LogP contribution >= 0.6 is 23.2 Å². The third-order valence-electron chi connectivity index (χ3n) is 2.83. The van der Waals surface area contributed by atoms with Gasteiger partial charge in [-0.3, -0.25) is 4.79 Å². The van der Waals surface area contributed by atoms with Gasteiger partial charge in [0, 0.05) is 6.04 Å². The number of nitrogens with one attached hydrogen (secondary N) is 1. The summed E-state index contributed by atoms with van der Waals surface area (Å²) in [7, 11) is 0. The Morgan fingerprint density at radius 1 is 1.35 bits per heavy atom. The Morgan fingerprint density at radius 2 is 2.06 bits per heavy atom. The molecule has 0 saturated heterocycles. The predicted molar refractivity (Wildman–Crippen MR) is 67.3 cm³/mol. The molecule has 0 aromatic heterocycles. The maximum atomic E-state index is 11.6. The number of carbonyl (C=O) groups is 1. The molecule has 5 heteroatoms. The monoisotopic (exact) mass is 273 g/mol. The molecule has 92 valence electrons. The number of hydrogen-bond donors (Lipinski definition) is 2. The fourth-order valence-electron chi connectivity index (χ4n) is 1.82. The van der Waals surface area contributed by atoms with Gasteiger partial charge in [0.05, 0.1) is 22.6 Å². The van der Waals surface area contributed by atoms with Crippen molar-refractivity contribution in [2.24, 2.45) is 0 Å². The van der Waals surface area contributed by atoms with Crippen molar-refractivity contribution in [3.8, 4) is 0 Å².